The lowest BCUT2D eigenvalue weighted by Gasteiger charge is -2.23. The fraction of sp³-hybridized carbons (Fsp3) is 0.381. The summed E-state index contributed by atoms with van der Waals surface area (Å²) >= 11 is 0. The average molecular weight is 420 g/mol. The van der Waals surface area contributed by atoms with E-state index in [1.807, 2.05) is 48.4 Å². The Bertz CT molecular complexity index is 1150. The molecule has 0 radical (unpaired) electrons. The van der Waals surface area contributed by atoms with E-state index >= 15 is 0 Å². The van der Waals surface area contributed by atoms with Crippen molar-refractivity contribution in [2.75, 3.05) is 18.6 Å². The predicted molar refractivity (Wildman–Crippen MR) is 114 cm³/mol. The Kier molecular flexibility index (Phi) is 4.68. The predicted octanol–water partition coefficient (Wildman–Crippen LogP) is 1.54. The zero-order valence-electron chi connectivity index (χ0n) is 17.4. The van der Waals surface area contributed by atoms with Crippen molar-refractivity contribution in [3.05, 3.63) is 53.9 Å². The van der Waals surface area contributed by atoms with Gasteiger partial charge in [0, 0.05) is 32.3 Å². The minimum absolute atomic E-state index is 0.0200. The van der Waals surface area contributed by atoms with Gasteiger partial charge in [0.05, 0.1) is 17.9 Å². The van der Waals surface area contributed by atoms with Crippen molar-refractivity contribution in [2.24, 2.45) is 7.05 Å². The number of aryl methyl sites for hydroxylation is 2. The van der Waals surface area contributed by atoms with Crippen LogP contribution in [0.1, 0.15) is 40.9 Å². The Morgan fingerprint density at radius 3 is 2.94 bits per heavy atom. The number of para-hydroxylation sites is 2. The van der Waals surface area contributed by atoms with Crippen LogP contribution in [0.4, 0.5) is 5.69 Å². The number of ether oxygens (including phenoxy) is 1. The van der Waals surface area contributed by atoms with Crippen molar-refractivity contribution < 1.29 is 9.53 Å². The van der Waals surface area contributed by atoms with Gasteiger partial charge < -0.3 is 15.0 Å². The molecule has 0 bridgehead atoms. The number of anilines is 1. The number of carbonyl (C=O) groups is 1. The van der Waals surface area contributed by atoms with E-state index in [9.17, 15) is 4.79 Å². The van der Waals surface area contributed by atoms with E-state index in [0.717, 1.165) is 36.3 Å². The van der Waals surface area contributed by atoms with E-state index < -0.39 is 11.9 Å². The summed E-state index contributed by atoms with van der Waals surface area (Å²) in [7, 11) is 3.67. The van der Waals surface area contributed by atoms with Gasteiger partial charge >= 0.3 is 0 Å². The van der Waals surface area contributed by atoms with E-state index in [1.165, 1.54) is 0 Å². The molecule has 4 heterocycles. The third-order valence-corrected chi connectivity index (χ3v) is 5.82. The van der Waals surface area contributed by atoms with Crippen LogP contribution >= 0.6 is 0 Å². The topological polar surface area (TPSA) is 114 Å². The normalized spacial score (nSPS) is 20.5. The van der Waals surface area contributed by atoms with Gasteiger partial charge in [-0.25, -0.2) is 9.67 Å². The van der Waals surface area contributed by atoms with Crippen molar-refractivity contribution in [1.29, 1.82) is 5.41 Å². The summed E-state index contributed by atoms with van der Waals surface area (Å²) in [6.45, 7) is 0.164. The first kappa shape index (κ1) is 19.3. The third kappa shape index (κ3) is 3.43. The molecule has 2 atom stereocenters. The lowest BCUT2D eigenvalue weighted by Crippen LogP contribution is -2.49. The average Bonchev–Trinajstić information content (AvgIpc) is 3.39. The van der Waals surface area contributed by atoms with Crippen molar-refractivity contribution >= 4 is 17.4 Å². The number of hydrogen-bond donors (Lipinski definition) is 2. The second-order valence-electron chi connectivity index (χ2n) is 7.90. The maximum atomic E-state index is 13.0. The molecule has 0 aliphatic carbocycles. The fourth-order valence-corrected chi connectivity index (χ4v) is 4.17. The van der Waals surface area contributed by atoms with Gasteiger partial charge in [0.25, 0.3) is 5.91 Å². The molecule has 1 amide bonds. The number of amides is 1. The Morgan fingerprint density at radius 1 is 1.29 bits per heavy atom. The summed E-state index contributed by atoms with van der Waals surface area (Å²) in [4.78, 5) is 19.2. The number of hydrogen-bond acceptors (Lipinski definition) is 6. The number of amidine groups is 1. The third-order valence-electron chi connectivity index (χ3n) is 5.82. The van der Waals surface area contributed by atoms with Gasteiger partial charge in [-0.3, -0.25) is 14.9 Å². The van der Waals surface area contributed by atoms with Gasteiger partial charge in [0.1, 0.15) is 30.1 Å². The lowest BCUT2D eigenvalue weighted by molar-refractivity contribution is 0.0926. The highest BCUT2D eigenvalue weighted by molar-refractivity contribution is 6.03. The molecule has 10 nitrogen and oxygen atoms in total. The summed E-state index contributed by atoms with van der Waals surface area (Å²) in [5, 5.41) is 20.2. The van der Waals surface area contributed by atoms with E-state index in [4.69, 9.17) is 10.1 Å². The number of carbonyl (C=O) groups excluding carboxylic acids is 1. The number of aromatic nitrogens is 5. The highest BCUT2D eigenvalue weighted by atomic mass is 16.5. The van der Waals surface area contributed by atoms with Crippen LogP contribution in [0.3, 0.4) is 0 Å². The number of likely N-dealkylation sites (N-methyl/N-ethyl adjacent to an activating group) is 1. The van der Waals surface area contributed by atoms with E-state index in [-0.39, 0.29) is 24.3 Å². The van der Waals surface area contributed by atoms with Crippen molar-refractivity contribution in [2.45, 2.75) is 31.3 Å². The molecule has 1 aromatic carbocycles. The second-order valence-corrected chi connectivity index (χ2v) is 7.90. The Labute approximate surface area is 179 Å². The smallest absolute Gasteiger partial charge is 0.291 e. The van der Waals surface area contributed by atoms with Gasteiger partial charge in [-0.15, -0.1) is 5.10 Å². The van der Waals surface area contributed by atoms with Crippen LogP contribution in [-0.4, -0.2) is 56.0 Å². The van der Waals surface area contributed by atoms with Gasteiger partial charge in [0.2, 0.25) is 5.82 Å². The highest BCUT2D eigenvalue weighted by Gasteiger charge is 2.31. The molecule has 2 N–H and O–H groups in total. The minimum atomic E-state index is -0.612. The summed E-state index contributed by atoms with van der Waals surface area (Å²) in [6.07, 6.45) is 6.48. The van der Waals surface area contributed by atoms with Crippen LogP contribution in [0.5, 0.6) is 5.75 Å². The van der Waals surface area contributed by atoms with Crippen molar-refractivity contribution in [3.8, 4) is 5.75 Å². The second kappa shape index (κ2) is 7.53. The van der Waals surface area contributed by atoms with Crippen LogP contribution in [0.15, 0.2) is 36.7 Å². The Morgan fingerprint density at radius 2 is 2.13 bits per heavy atom. The molecule has 2 aromatic heterocycles. The summed E-state index contributed by atoms with van der Waals surface area (Å²) in [5.41, 5.74) is 1.85. The SMILES string of the molecule is CN1C(=N)[C@@H](NC(=O)c2nc3n(n2)[C@@H](c2cnn(C)c2)CCC3)COc2ccccc21. The molecule has 2 aliphatic rings. The number of fused-ring (bicyclic) bond motifs is 2. The van der Waals surface area contributed by atoms with Crippen LogP contribution in [0.25, 0.3) is 0 Å². The largest absolute Gasteiger partial charge is 0.489 e. The van der Waals surface area contributed by atoms with Crippen LogP contribution < -0.4 is 15.0 Å². The van der Waals surface area contributed by atoms with Crippen LogP contribution in [-0.2, 0) is 13.5 Å². The van der Waals surface area contributed by atoms with E-state index in [0.29, 0.717) is 5.75 Å². The summed E-state index contributed by atoms with van der Waals surface area (Å²) in [5.74, 6) is 1.42. The van der Waals surface area contributed by atoms with Crippen molar-refractivity contribution in [1.82, 2.24) is 29.9 Å². The standard InChI is InChI=1S/C21H24N8O2/c1-27-11-13(10-23-27)15-7-5-9-18-25-20(26-29(15)18)21(30)24-14-12-31-17-8-4-3-6-16(17)28(2)19(14)22/h3-4,6,8,10-11,14-15,22H,5,7,9,12H2,1-2H3,(H,24,30)/t14-,15+/m0/s1. The van der Waals surface area contributed by atoms with Crippen molar-refractivity contribution in [3.63, 3.8) is 0 Å². The molecule has 0 saturated carbocycles. The molecule has 0 fully saturated rings. The monoisotopic (exact) mass is 420 g/mol. The Balaban J connectivity index is 1.36. The maximum absolute atomic E-state index is 13.0. The first-order valence-corrected chi connectivity index (χ1v) is 10.3. The van der Waals surface area contributed by atoms with Crippen LogP contribution in [0, 0.1) is 5.41 Å². The molecule has 10 heteroatoms. The molecule has 0 saturated heterocycles. The van der Waals surface area contributed by atoms with E-state index in [1.54, 1.807) is 16.6 Å². The first-order valence-electron chi connectivity index (χ1n) is 10.3. The molecular weight excluding hydrogens is 396 g/mol. The van der Waals surface area contributed by atoms with E-state index in [2.05, 4.69) is 20.5 Å². The highest BCUT2D eigenvalue weighted by Crippen LogP contribution is 2.31. The molecule has 0 unspecified atom stereocenters. The fourth-order valence-electron chi connectivity index (χ4n) is 4.17. The molecule has 31 heavy (non-hydrogen) atoms. The molecular formula is C21H24N8O2. The maximum Gasteiger partial charge on any atom is 0.291 e. The Hall–Kier alpha value is -3.69. The number of rotatable bonds is 3. The van der Waals surface area contributed by atoms with Gasteiger partial charge in [-0.1, -0.05) is 12.1 Å². The first-order chi connectivity index (χ1) is 15.0. The number of benzene rings is 1. The zero-order chi connectivity index (χ0) is 21.5. The lowest BCUT2D eigenvalue weighted by atomic mass is 10.0. The van der Waals surface area contributed by atoms with Gasteiger partial charge in [-0.2, -0.15) is 5.10 Å². The minimum Gasteiger partial charge on any atom is -0.489 e. The summed E-state index contributed by atoms with van der Waals surface area (Å²) < 4.78 is 9.45. The van der Waals surface area contributed by atoms with Gasteiger partial charge in [0.15, 0.2) is 0 Å². The van der Waals surface area contributed by atoms with Gasteiger partial charge in [-0.05, 0) is 25.0 Å². The quantitative estimate of drug-likeness (QED) is 0.664. The van der Waals surface area contributed by atoms with Crippen LogP contribution in [0.2, 0.25) is 0 Å². The molecule has 2 aliphatic heterocycles. The molecule has 160 valence electrons. The molecule has 3 aromatic rings. The number of nitrogens with zero attached hydrogens (tertiary/aromatic N) is 6. The summed E-state index contributed by atoms with van der Waals surface area (Å²) in [6, 6.07) is 6.92. The molecule has 5 rings (SSSR count). The number of nitrogens with one attached hydrogen (secondary N) is 2. The molecule has 0 spiro atoms. The zero-order valence-corrected chi connectivity index (χ0v) is 17.4.